The van der Waals surface area contributed by atoms with Crippen molar-refractivity contribution in [1.29, 1.82) is 0 Å². The molecule has 0 bridgehead atoms. The highest BCUT2D eigenvalue weighted by atomic mass is 79.9. The van der Waals surface area contributed by atoms with E-state index in [0.717, 1.165) is 14.2 Å². The SMILES string of the molecule is COCCOC(=O)C1=C(C)N(Cc2cccs2)C(=O)NC1c1cc(Br)cs1. The molecular weight excluding hydrogens is 452 g/mol. The van der Waals surface area contributed by atoms with Crippen molar-refractivity contribution >= 4 is 50.6 Å². The molecule has 9 heteroatoms. The second-order valence-corrected chi connectivity index (χ2v) is 8.73. The first-order chi connectivity index (χ1) is 13.0. The van der Waals surface area contributed by atoms with Crippen LogP contribution in [-0.2, 0) is 20.8 Å². The summed E-state index contributed by atoms with van der Waals surface area (Å²) in [4.78, 5) is 29.0. The zero-order valence-corrected chi connectivity index (χ0v) is 18.1. The van der Waals surface area contributed by atoms with Crippen molar-refractivity contribution in [1.82, 2.24) is 10.2 Å². The molecule has 1 atom stereocenters. The number of amides is 2. The monoisotopic (exact) mass is 470 g/mol. The Balaban J connectivity index is 1.95. The van der Waals surface area contributed by atoms with E-state index in [1.807, 2.05) is 29.0 Å². The Hall–Kier alpha value is -1.68. The van der Waals surface area contributed by atoms with Gasteiger partial charge in [0.15, 0.2) is 0 Å². The van der Waals surface area contributed by atoms with Crippen LogP contribution in [-0.4, -0.2) is 37.2 Å². The largest absolute Gasteiger partial charge is 0.460 e. The average molecular weight is 471 g/mol. The number of allylic oxidation sites excluding steroid dienone is 1. The topological polar surface area (TPSA) is 67.9 Å². The van der Waals surface area contributed by atoms with Gasteiger partial charge in [0.25, 0.3) is 0 Å². The van der Waals surface area contributed by atoms with Crippen LogP contribution in [0.15, 0.2) is 44.7 Å². The minimum atomic E-state index is -0.538. The van der Waals surface area contributed by atoms with Crippen LogP contribution in [0.5, 0.6) is 0 Å². The highest BCUT2D eigenvalue weighted by Crippen LogP contribution is 2.36. The number of urea groups is 1. The summed E-state index contributed by atoms with van der Waals surface area (Å²) in [5, 5.41) is 6.83. The fourth-order valence-corrected chi connectivity index (χ4v) is 4.98. The van der Waals surface area contributed by atoms with Gasteiger partial charge >= 0.3 is 12.0 Å². The summed E-state index contributed by atoms with van der Waals surface area (Å²) in [6.45, 7) is 2.67. The zero-order valence-electron chi connectivity index (χ0n) is 14.9. The molecule has 0 spiro atoms. The van der Waals surface area contributed by atoms with Crippen LogP contribution in [0.1, 0.15) is 22.7 Å². The Morgan fingerprint density at radius 3 is 2.81 bits per heavy atom. The van der Waals surface area contributed by atoms with Crippen molar-refractivity contribution in [3.8, 4) is 0 Å². The third kappa shape index (κ3) is 4.60. The number of carbonyl (C=O) groups is 2. The fourth-order valence-electron chi connectivity index (χ4n) is 2.78. The van der Waals surface area contributed by atoms with Crippen LogP contribution in [0.3, 0.4) is 0 Å². The number of nitrogens with zero attached hydrogens (tertiary/aromatic N) is 1. The van der Waals surface area contributed by atoms with Crippen LogP contribution in [0.4, 0.5) is 4.79 Å². The molecule has 1 aliphatic rings. The van der Waals surface area contributed by atoms with Gasteiger partial charge in [-0.2, -0.15) is 0 Å². The molecule has 144 valence electrons. The van der Waals surface area contributed by atoms with E-state index >= 15 is 0 Å². The molecule has 2 amide bonds. The predicted octanol–water partition coefficient (Wildman–Crippen LogP) is 4.30. The van der Waals surface area contributed by atoms with E-state index in [9.17, 15) is 9.59 Å². The minimum Gasteiger partial charge on any atom is -0.460 e. The second kappa shape index (κ2) is 9.01. The number of ether oxygens (including phenoxy) is 2. The van der Waals surface area contributed by atoms with Crippen LogP contribution in [0.25, 0.3) is 0 Å². The summed E-state index contributed by atoms with van der Waals surface area (Å²) in [5.74, 6) is -0.449. The number of methoxy groups -OCH3 is 1. The molecule has 0 aromatic carbocycles. The van der Waals surface area contributed by atoms with E-state index in [4.69, 9.17) is 9.47 Å². The molecule has 0 saturated carbocycles. The average Bonchev–Trinajstić information content (AvgIpc) is 3.29. The first-order valence-electron chi connectivity index (χ1n) is 8.22. The van der Waals surface area contributed by atoms with Crippen molar-refractivity contribution in [2.45, 2.75) is 19.5 Å². The summed E-state index contributed by atoms with van der Waals surface area (Å²) in [7, 11) is 1.55. The van der Waals surface area contributed by atoms with Gasteiger partial charge in [-0.25, -0.2) is 9.59 Å². The maximum atomic E-state index is 12.8. The molecule has 3 heterocycles. The van der Waals surface area contributed by atoms with Crippen molar-refractivity contribution < 1.29 is 19.1 Å². The molecule has 0 aliphatic carbocycles. The molecule has 0 saturated heterocycles. The Kier molecular flexibility index (Phi) is 6.69. The lowest BCUT2D eigenvalue weighted by Gasteiger charge is -2.34. The number of rotatable bonds is 7. The standard InChI is InChI=1S/C18H19BrN2O4S2/c1-11-15(17(22)25-6-5-24-2)16(14-8-12(19)10-27-14)20-18(23)21(11)9-13-4-3-7-26-13/h3-4,7-8,10,16H,5-6,9H2,1-2H3,(H,20,23). The van der Waals surface area contributed by atoms with Gasteiger partial charge in [0.1, 0.15) is 6.61 Å². The lowest BCUT2D eigenvalue weighted by atomic mass is 10.0. The van der Waals surface area contributed by atoms with Gasteiger partial charge in [-0.3, -0.25) is 4.90 Å². The first kappa shape index (κ1) is 20.1. The molecule has 1 unspecified atom stereocenters. The third-order valence-corrected chi connectivity index (χ3v) is 6.72. The number of nitrogens with one attached hydrogen (secondary N) is 1. The summed E-state index contributed by atoms with van der Waals surface area (Å²) in [6.07, 6.45) is 0. The number of carbonyl (C=O) groups excluding carboxylic acids is 2. The van der Waals surface area contributed by atoms with E-state index in [0.29, 0.717) is 24.4 Å². The van der Waals surface area contributed by atoms with Gasteiger partial charge in [0.2, 0.25) is 0 Å². The molecule has 0 fully saturated rings. The molecule has 6 nitrogen and oxygen atoms in total. The van der Waals surface area contributed by atoms with Crippen molar-refractivity contribution in [2.75, 3.05) is 20.3 Å². The molecule has 2 aromatic heterocycles. The number of halogens is 1. The van der Waals surface area contributed by atoms with Crippen molar-refractivity contribution in [3.05, 3.63) is 54.5 Å². The Labute approximate surface area is 173 Å². The second-order valence-electron chi connectivity index (χ2n) is 5.84. The van der Waals surface area contributed by atoms with Gasteiger partial charge in [0, 0.05) is 32.4 Å². The van der Waals surface area contributed by atoms with Gasteiger partial charge in [-0.1, -0.05) is 6.07 Å². The summed E-state index contributed by atoms with van der Waals surface area (Å²) in [6, 6.07) is 5.03. The molecule has 27 heavy (non-hydrogen) atoms. The minimum absolute atomic E-state index is 0.159. The van der Waals surface area contributed by atoms with Crippen LogP contribution >= 0.6 is 38.6 Å². The van der Waals surface area contributed by atoms with E-state index in [1.165, 1.54) is 11.3 Å². The van der Waals surface area contributed by atoms with E-state index in [-0.39, 0.29) is 12.6 Å². The molecule has 2 aromatic rings. The number of esters is 1. The number of hydrogen-bond acceptors (Lipinski definition) is 6. The number of hydrogen-bond donors (Lipinski definition) is 1. The lowest BCUT2D eigenvalue weighted by molar-refractivity contribution is -0.140. The maximum Gasteiger partial charge on any atom is 0.338 e. The van der Waals surface area contributed by atoms with Crippen LogP contribution in [0.2, 0.25) is 0 Å². The zero-order chi connectivity index (χ0) is 19.4. The molecule has 0 radical (unpaired) electrons. The Morgan fingerprint density at radius 2 is 2.19 bits per heavy atom. The van der Waals surface area contributed by atoms with Crippen LogP contribution in [0, 0.1) is 0 Å². The summed E-state index contributed by atoms with van der Waals surface area (Å²) < 4.78 is 11.2. The van der Waals surface area contributed by atoms with Crippen LogP contribution < -0.4 is 5.32 Å². The normalized spacial score (nSPS) is 17.2. The first-order valence-corrected chi connectivity index (χ1v) is 10.8. The highest BCUT2D eigenvalue weighted by Gasteiger charge is 2.37. The quantitative estimate of drug-likeness (QED) is 0.483. The molecule has 1 aliphatic heterocycles. The molecule has 3 rings (SSSR count). The highest BCUT2D eigenvalue weighted by molar-refractivity contribution is 9.10. The molecular formula is C18H19BrN2O4S2. The smallest absolute Gasteiger partial charge is 0.338 e. The predicted molar refractivity (Wildman–Crippen MR) is 109 cm³/mol. The summed E-state index contributed by atoms with van der Waals surface area (Å²) in [5.41, 5.74) is 1.04. The van der Waals surface area contributed by atoms with Gasteiger partial charge in [-0.15, -0.1) is 22.7 Å². The van der Waals surface area contributed by atoms with E-state index in [1.54, 1.807) is 30.3 Å². The van der Waals surface area contributed by atoms with Crippen molar-refractivity contribution in [2.24, 2.45) is 0 Å². The Bertz CT molecular complexity index is 847. The van der Waals surface area contributed by atoms with Gasteiger partial charge < -0.3 is 14.8 Å². The maximum absolute atomic E-state index is 12.8. The number of thiophene rings is 2. The van der Waals surface area contributed by atoms with E-state index in [2.05, 4.69) is 21.2 Å². The lowest BCUT2D eigenvalue weighted by Crippen LogP contribution is -2.47. The van der Waals surface area contributed by atoms with Gasteiger partial charge in [-0.05, 0) is 40.4 Å². The Morgan fingerprint density at radius 1 is 1.37 bits per heavy atom. The summed E-state index contributed by atoms with van der Waals surface area (Å²) >= 11 is 6.47. The van der Waals surface area contributed by atoms with E-state index < -0.39 is 12.0 Å². The van der Waals surface area contributed by atoms with Gasteiger partial charge in [0.05, 0.1) is 24.8 Å². The third-order valence-electron chi connectivity index (χ3n) is 4.10. The fraction of sp³-hybridized carbons (Fsp3) is 0.333. The van der Waals surface area contributed by atoms with Crippen molar-refractivity contribution in [3.63, 3.8) is 0 Å². The molecule has 1 N–H and O–H groups in total.